The van der Waals surface area contributed by atoms with Gasteiger partial charge in [-0.25, -0.2) is 0 Å². The third kappa shape index (κ3) is 5.74. The van der Waals surface area contributed by atoms with Crippen LogP contribution in [-0.2, 0) is 17.5 Å². The van der Waals surface area contributed by atoms with E-state index in [1.165, 1.54) is 12.1 Å². The first-order chi connectivity index (χ1) is 15.9. The molecule has 0 radical (unpaired) electrons. The number of alkyl halides is 3. The lowest BCUT2D eigenvalue weighted by atomic mass is 9.86. The quantitative estimate of drug-likeness (QED) is 0.487. The first-order valence-corrected chi connectivity index (χ1v) is 10.7. The molecule has 0 saturated heterocycles. The molecule has 2 aromatic carbocycles. The topological polar surface area (TPSA) is 96.2 Å². The molecule has 1 aromatic heterocycles. The van der Waals surface area contributed by atoms with Gasteiger partial charge in [0.15, 0.2) is 5.69 Å². The van der Waals surface area contributed by atoms with Gasteiger partial charge in [0.2, 0.25) is 5.91 Å². The molecule has 3 aromatic rings. The molecule has 7 nitrogen and oxygen atoms in total. The highest BCUT2D eigenvalue weighted by atomic mass is 19.4. The number of carbonyl (C=O) groups is 2. The lowest BCUT2D eigenvalue weighted by molar-refractivity contribution is -0.137. The number of rotatable bonds is 7. The van der Waals surface area contributed by atoms with Gasteiger partial charge in [0.05, 0.1) is 24.2 Å². The van der Waals surface area contributed by atoms with Gasteiger partial charge in [0.1, 0.15) is 6.04 Å². The number of aliphatic hydroxyl groups excluding tert-OH is 1. The van der Waals surface area contributed by atoms with Crippen molar-refractivity contribution in [2.24, 2.45) is 5.41 Å². The molecule has 0 fully saturated rings. The Labute approximate surface area is 195 Å². The summed E-state index contributed by atoms with van der Waals surface area (Å²) in [4.78, 5) is 25.8. The molecule has 3 rings (SSSR count). The van der Waals surface area contributed by atoms with E-state index in [-0.39, 0.29) is 25.4 Å². The number of nitrogens with zero attached hydrogens (tertiary/aromatic N) is 2. The number of fused-ring (bicyclic) bond motifs is 1. The van der Waals surface area contributed by atoms with Crippen LogP contribution in [0.3, 0.4) is 0 Å². The van der Waals surface area contributed by atoms with Gasteiger partial charge >= 0.3 is 6.18 Å². The monoisotopic (exact) mass is 476 g/mol. The second-order valence-electron chi connectivity index (χ2n) is 9.01. The molecule has 10 heteroatoms. The number of nitrogens with one attached hydrogen (secondary N) is 2. The maximum Gasteiger partial charge on any atom is 0.416 e. The molecule has 182 valence electrons. The lowest BCUT2D eigenvalue weighted by Gasteiger charge is -2.30. The molecule has 0 aliphatic rings. The average Bonchev–Trinajstić information content (AvgIpc) is 3.13. The van der Waals surface area contributed by atoms with Crippen LogP contribution in [0, 0.1) is 5.41 Å². The van der Waals surface area contributed by atoms with Gasteiger partial charge in [-0.1, -0.05) is 51.1 Å². The number of carbonyl (C=O) groups excluding carboxylic acids is 2. The number of benzene rings is 2. The Morgan fingerprint density at radius 3 is 2.29 bits per heavy atom. The fraction of sp³-hybridized carbons (Fsp3) is 0.375. The number of amides is 2. The smallest absolute Gasteiger partial charge is 0.395 e. The normalized spacial score (nSPS) is 13.0. The average molecular weight is 476 g/mol. The first-order valence-electron chi connectivity index (χ1n) is 10.7. The number of para-hydroxylation sites is 1. The van der Waals surface area contributed by atoms with E-state index in [0.29, 0.717) is 16.5 Å². The second kappa shape index (κ2) is 9.84. The van der Waals surface area contributed by atoms with Crippen molar-refractivity contribution in [3.8, 4) is 0 Å². The van der Waals surface area contributed by atoms with Crippen molar-refractivity contribution in [1.29, 1.82) is 0 Å². The largest absolute Gasteiger partial charge is 0.416 e. The van der Waals surface area contributed by atoms with E-state index >= 15 is 0 Å². The molecule has 2 amide bonds. The third-order valence-electron chi connectivity index (χ3n) is 5.30. The van der Waals surface area contributed by atoms with Crippen molar-refractivity contribution >= 4 is 22.7 Å². The zero-order chi connectivity index (χ0) is 25.1. The number of hydrogen-bond acceptors (Lipinski definition) is 4. The zero-order valence-corrected chi connectivity index (χ0v) is 19.1. The summed E-state index contributed by atoms with van der Waals surface area (Å²) in [5.74, 6) is -0.982. The van der Waals surface area contributed by atoms with Crippen molar-refractivity contribution in [1.82, 2.24) is 20.4 Å². The van der Waals surface area contributed by atoms with E-state index in [1.54, 1.807) is 49.7 Å². The van der Waals surface area contributed by atoms with Gasteiger partial charge in [0.25, 0.3) is 5.91 Å². The summed E-state index contributed by atoms with van der Waals surface area (Å²) in [6.07, 6.45) is -4.42. The van der Waals surface area contributed by atoms with Crippen LogP contribution >= 0.6 is 0 Å². The Kier molecular flexibility index (Phi) is 7.30. The summed E-state index contributed by atoms with van der Waals surface area (Å²) < 4.78 is 40.1. The highest BCUT2D eigenvalue weighted by Gasteiger charge is 2.34. The molecule has 34 heavy (non-hydrogen) atoms. The van der Waals surface area contributed by atoms with Gasteiger partial charge in [0, 0.05) is 11.9 Å². The van der Waals surface area contributed by atoms with Crippen LogP contribution in [0.4, 0.5) is 13.2 Å². The molecule has 0 aliphatic carbocycles. The van der Waals surface area contributed by atoms with Crippen molar-refractivity contribution < 1.29 is 27.9 Å². The minimum absolute atomic E-state index is 0.0615. The van der Waals surface area contributed by atoms with E-state index in [1.807, 2.05) is 0 Å². The molecular weight excluding hydrogens is 449 g/mol. The molecule has 1 atom stereocenters. The van der Waals surface area contributed by atoms with E-state index < -0.39 is 35.0 Å². The molecular formula is C24H27F3N4O3. The number of halogens is 3. The molecule has 0 bridgehead atoms. The van der Waals surface area contributed by atoms with Gasteiger partial charge in [-0.05, 0) is 29.2 Å². The summed E-state index contributed by atoms with van der Waals surface area (Å²) in [5.41, 5.74) is -0.0387. The Morgan fingerprint density at radius 1 is 1.06 bits per heavy atom. The molecule has 0 spiro atoms. The SMILES string of the molecule is CC(C)(C)C(NC(=O)c1nn(Cc2ccc(C(F)(F)F)cc2)c2ccccc12)C(=O)NCCO. The van der Waals surface area contributed by atoms with E-state index in [9.17, 15) is 22.8 Å². The van der Waals surface area contributed by atoms with Crippen molar-refractivity contribution in [3.05, 3.63) is 65.4 Å². The van der Waals surface area contributed by atoms with Crippen molar-refractivity contribution in [2.45, 2.75) is 39.5 Å². The van der Waals surface area contributed by atoms with E-state index in [2.05, 4.69) is 15.7 Å². The van der Waals surface area contributed by atoms with Crippen LogP contribution in [-0.4, -0.2) is 45.9 Å². The number of hydrogen-bond donors (Lipinski definition) is 3. The lowest BCUT2D eigenvalue weighted by Crippen LogP contribution is -2.54. The summed E-state index contributed by atoms with van der Waals surface area (Å²) >= 11 is 0. The zero-order valence-electron chi connectivity index (χ0n) is 19.1. The van der Waals surface area contributed by atoms with Gasteiger partial charge in [-0.3, -0.25) is 14.3 Å². The van der Waals surface area contributed by atoms with Crippen LogP contribution in [0.5, 0.6) is 0 Å². The van der Waals surface area contributed by atoms with Crippen LogP contribution in [0.2, 0.25) is 0 Å². The Balaban J connectivity index is 1.90. The number of aliphatic hydroxyl groups is 1. The van der Waals surface area contributed by atoms with E-state index in [4.69, 9.17) is 5.11 Å². The van der Waals surface area contributed by atoms with Crippen LogP contribution in [0.25, 0.3) is 10.9 Å². The summed E-state index contributed by atoms with van der Waals surface area (Å²) in [6, 6.07) is 10.9. The van der Waals surface area contributed by atoms with Crippen LogP contribution in [0.1, 0.15) is 42.4 Å². The maximum atomic E-state index is 13.2. The molecule has 0 aliphatic heterocycles. The predicted molar refractivity (Wildman–Crippen MR) is 121 cm³/mol. The summed E-state index contributed by atoms with van der Waals surface area (Å²) in [6.45, 7) is 5.40. The molecule has 1 heterocycles. The highest BCUT2D eigenvalue weighted by molar-refractivity contribution is 6.06. The van der Waals surface area contributed by atoms with Crippen molar-refractivity contribution in [3.63, 3.8) is 0 Å². The van der Waals surface area contributed by atoms with Crippen LogP contribution < -0.4 is 10.6 Å². The highest BCUT2D eigenvalue weighted by Crippen LogP contribution is 2.29. The molecule has 1 unspecified atom stereocenters. The van der Waals surface area contributed by atoms with Crippen LogP contribution in [0.15, 0.2) is 48.5 Å². The third-order valence-corrected chi connectivity index (χ3v) is 5.30. The van der Waals surface area contributed by atoms with E-state index in [0.717, 1.165) is 12.1 Å². The minimum Gasteiger partial charge on any atom is -0.395 e. The summed E-state index contributed by atoms with van der Waals surface area (Å²) in [5, 5.41) is 19.3. The Bertz CT molecular complexity index is 1160. The molecule has 3 N–H and O–H groups in total. The fourth-order valence-corrected chi connectivity index (χ4v) is 3.54. The second-order valence-corrected chi connectivity index (χ2v) is 9.01. The first kappa shape index (κ1) is 25.2. The Hall–Kier alpha value is -3.40. The van der Waals surface area contributed by atoms with Crippen molar-refractivity contribution in [2.75, 3.05) is 13.2 Å². The molecule has 0 saturated carbocycles. The number of aromatic nitrogens is 2. The summed E-state index contributed by atoms with van der Waals surface area (Å²) in [7, 11) is 0. The van der Waals surface area contributed by atoms with Gasteiger partial charge < -0.3 is 15.7 Å². The standard InChI is InChI=1S/C24H27F3N4O3/c1-23(2,3)20(22(34)28-12-13-32)29-21(33)19-17-6-4-5-7-18(17)31(30-19)14-15-8-10-16(11-9-15)24(25,26)27/h4-11,20,32H,12-14H2,1-3H3,(H,28,34)(H,29,33). The predicted octanol–water partition coefficient (Wildman–Crippen LogP) is 3.36. The minimum atomic E-state index is -4.42. The van der Waals surface area contributed by atoms with Gasteiger partial charge in [-0.15, -0.1) is 0 Å². The van der Waals surface area contributed by atoms with Gasteiger partial charge in [-0.2, -0.15) is 18.3 Å². The Morgan fingerprint density at radius 2 is 1.71 bits per heavy atom. The fourth-order valence-electron chi connectivity index (χ4n) is 3.54. The maximum absolute atomic E-state index is 13.2.